The van der Waals surface area contributed by atoms with E-state index in [4.69, 9.17) is 4.74 Å². The number of nitrogens with zero attached hydrogens (tertiary/aromatic N) is 3. The van der Waals surface area contributed by atoms with Crippen LogP contribution in [-0.2, 0) is 10.0 Å². The number of para-hydroxylation sites is 1. The first kappa shape index (κ1) is 25.0. The van der Waals surface area contributed by atoms with E-state index in [1.54, 1.807) is 29.1 Å². The van der Waals surface area contributed by atoms with E-state index < -0.39 is 44.2 Å². The summed E-state index contributed by atoms with van der Waals surface area (Å²) in [5.41, 5.74) is 1.44. The fourth-order valence-electron chi connectivity index (χ4n) is 4.28. The third kappa shape index (κ3) is 4.96. The Morgan fingerprint density at radius 2 is 1.51 bits per heavy atom. The van der Waals surface area contributed by atoms with Gasteiger partial charge < -0.3 is 4.74 Å². The molecule has 1 atom stereocenters. The van der Waals surface area contributed by atoms with Crippen LogP contribution in [0.5, 0.6) is 11.5 Å². The molecule has 0 saturated carbocycles. The predicted octanol–water partition coefficient (Wildman–Crippen LogP) is 5.92. The van der Waals surface area contributed by atoms with E-state index >= 15 is 0 Å². The molecular weight excluding hydrogens is 510 g/mol. The lowest BCUT2D eigenvalue weighted by Crippen LogP contribution is -2.41. The molecule has 0 aliphatic carbocycles. The summed E-state index contributed by atoms with van der Waals surface area (Å²) in [7, 11) is -4.84. The Morgan fingerprint density at radius 1 is 0.865 bits per heavy atom. The minimum absolute atomic E-state index is 0.0195. The van der Waals surface area contributed by atoms with Crippen molar-refractivity contribution >= 4 is 10.0 Å². The first-order valence-corrected chi connectivity index (χ1v) is 12.9. The second kappa shape index (κ2) is 9.98. The number of halogens is 4. The van der Waals surface area contributed by atoms with Crippen molar-refractivity contribution in [2.24, 2.45) is 0 Å². The SMILES string of the molecule is O=S(=O)(c1c(F)c(F)cc(F)c1F)N1CCCC(n2ccc(-c3ccc(Oc4ccccc4)cc3)n2)C1. The van der Waals surface area contributed by atoms with Crippen molar-refractivity contribution in [3.63, 3.8) is 0 Å². The average molecular weight is 532 g/mol. The number of hydrogen-bond acceptors (Lipinski definition) is 4. The van der Waals surface area contributed by atoms with Crippen LogP contribution in [0.1, 0.15) is 18.9 Å². The third-order valence-corrected chi connectivity index (χ3v) is 8.03. The molecule has 5 rings (SSSR count). The maximum Gasteiger partial charge on any atom is 0.249 e. The molecule has 4 aromatic rings. The van der Waals surface area contributed by atoms with Gasteiger partial charge in [0.05, 0.1) is 11.7 Å². The summed E-state index contributed by atoms with van der Waals surface area (Å²) in [6.07, 6.45) is 2.61. The van der Waals surface area contributed by atoms with Crippen LogP contribution in [0.25, 0.3) is 11.3 Å². The lowest BCUT2D eigenvalue weighted by atomic mass is 10.1. The summed E-state index contributed by atoms with van der Waals surface area (Å²) >= 11 is 0. The normalized spacial score (nSPS) is 16.6. The van der Waals surface area contributed by atoms with Crippen LogP contribution in [-0.4, -0.2) is 35.6 Å². The average Bonchev–Trinajstić information content (AvgIpc) is 3.39. The number of piperidine rings is 1. The maximum atomic E-state index is 14.2. The zero-order chi connectivity index (χ0) is 26.2. The van der Waals surface area contributed by atoms with Crippen molar-refractivity contribution in [3.05, 3.63) is 96.2 Å². The van der Waals surface area contributed by atoms with Gasteiger partial charge in [0, 0.05) is 30.9 Å². The van der Waals surface area contributed by atoms with Crippen molar-refractivity contribution in [2.75, 3.05) is 13.1 Å². The van der Waals surface area contributed by atoms with Crippen LogP contribution < -0.4 is 4.74 Å². The summed E-state index contributed by atoms with van der Waals surface area (Å²) in [5, 5.41) is 4.56. The quantitative estimate of drug-likeness (QED) is 0.229. The van der Waals surface area contributed by atoms with Crippen molar-refractivity contribution < 1.29 is 30.7 Å². The number of aromatic nitrogens is 2. The Morgan fingerprint density at radius 3 is 2.19 bits per heavy atom. The molecule has 11 heteroatoms. The Bertz CT molecular complexity index is 1500. The molecule has 37 heavy (non-hydrogen) atoms. The zero-order valence-corrected chi connectivity index (χ0v) is 20.1. The second-order valence-corrected chi connectivity index (χ2v) is 10.5. The number of benzene rings is 3. The van der Waals surface area contributed by atoms with E-state index in [2.05, 4.69) is 5.10 Å². The predicted molar refractivity (Wildman–Crippen MR) is 127 cm³/mol. The number of hydrogen-bond donors (Lipinski definition) is 0. The molecule has 0 spiro atoms. The van der Waals surface area contributed by atoms with Crippen LogP contribution >= 0.6 is 0 Å². The smallest absolute Gasteiger partial charge is 0.249 e. The van der Waals surface area contributed by atoms with Gasteiger partial charge in [-0.1, -0.05) is 18.2 Å². The molecule has 0 bridgehead atoms. The van der Waals surface area contributed by atoms with E-state index in [9.17, 15) is 26.0 Å². The molecule has 0 amide bonds. The highest BCUT2D eigenvalue weighted by molar-refractivity contribution is 7.89. The third-order valence-electron chi connectivity index (χ3n) is 6.14. The second-order valence-electron chi connectivity index (χ2n) is 8.58. The van der Waals surface area contributed by atoms with Gasteiger partial charge in [-0.3, -0.25) is 4.68 Å². The van der Waals surface area contributed by atoms with Gasteiger partial charge in [-0.05, 0) is 55.3 Å². The molecule has 3 aromatic carbocycles. The standard InChI is InChI=1S/C26H21F4N3O3S/c27-21-15-22(28)25(30)26(24(21)29)37(34,35)32-13-4-5-18(16-32)33-14-12-23(31-33)17-8-10-20(11-9-17)36-19-6-2-1-3-7-19/h1-3,6-12,14-15,18H,4-5,13,16H2. The largest absolute Gasteiger partial charge is 0.457 e. The van der Waals surface area contributed by atoms with Crippen LogP contribution in [0.3, 0.4) is 0 Å². The molecule has 0 N–H and O–H groups in total. The Labute approximate surface area is 210 Å². The zero-order valence-electron chi connectivity index (χ0n) is 19.3. The van der Waals surface area contributed by atoms with Gasteiger partial charge in [0.25, 0.3) is 0 Å². The van der Waals surface area contributed by atoms with E-state index in [0.29, 0.717) is 30.0 Å². The van der Waals surface area contributed by atoms with Crippen molar-refractivity contribution in [2.45, 2.75) is 23.8 Å². The molecule has 1 fully saturated rings. The maximum absolute atomic E-state index is 14.2. The molecule has 1 unspecified atom stereocenters. The summed E-state index contributed by atoms with van der Waals surface area (Å²) in [6, 6.07) is 17.9. The van der Waals surface area contributed by atoms with Crippen molar-refractivity contribution in [1.82, 2.24) is 14.1 Å². The summed E-state index contributed by atoms with van der Waals surface area (Å²) in [5.74, 6) is -6.08. The van der Waals surface area contributed by atoms with E-state index in [-0.39, 0.29) is 19.2 Å². The van der Waals surface area contributed by atoms with Gasteiger partial charge in [-0.25, -0.2) is 26.0 Å². The highest BCUT2D eigenvalue weighted by atomic mass is 32.2. The molecule has 1 aliphatic heterocycles. The van der Waals surface area contributed by atoms with Gasteiger partial charge in [0.15, 0.2) is 28.2 Å². The van der Waals surface area contributed by atoms with Crippen molar-refractivity contribution in [3.8, 4) is 22.8 Å². The Balaban J connectivity index is 1.33. The van der Waals surface area contributed by atoms with Crippen LogP contribution in [0, 0.1) is 23.3 Å². The van der Waals surface area contributed by atoms with Gasteiger partial charge in [0.1, 0.15) is 11.5 Å². The van der Waals surface area contributed by atoms with Crippen LogP contribution in [0.4, 0.5) is 17.6 Å². The number of sulfonamides is 1. The first-order chi connectivity index (χ1) is 17.7. The molecule has 6 nitrogen and oxygen atoms in total. The topological polar surface area (TPSA) is 64.4 Å². The Kier molecular flexibility index (Phi) is 6.74. The lowest BCUT2D eigenvalue weighted by molar-refractivity contribution is 0.252. The molecule has 1 saturated heterocycles. The summed E-state index contributed by atoms with van der Waals surface area (Å²) in [4.78, 5) is -1.62. The molecule has 0 radical (unpaired) electrons. The van der Waals surface area contributed by atoms with Crippen molar-refractivity contribution in [1.29, 1.82) is 0 Å². The molecule has 1 aromatic heterocycles. The lowest BCUT2D eigenvalue weighted by Gasteiger charge is -2.32. The van der Waals surface area contributed by atoms with E-state index in [1.165, 1.54) is 0 Å². The minimum atomic E-state index is -4.84. The van der Waals surface area contributed by atoms with Gasteiger partial charge in [-0.2, -0.15) is 9.40 Å². The number of ether oxygens (including phenoxy) is 1. The van der Waals surface area contributed by atoms with E-state index in [0.717, 1.165) is 9.87 Å². The molecular formula is C26H21F4N3O3S. The first-order valence-electron chi connectivity index (χ1n) is 11.5. The Hall–Kier alpha value is -3.70. The van der Waals surface area contributed by atoms with Gasteiger partial charge in [-0.15, -0.1) is 0 Å². The van der Waals surface area contributed by atoms with E-state index in [1.807, 2.05) is 42.5 Å². The summed E-state index contributed by atoms with van der Waals surface area (Å²) in [6.45, 7) is -0.211. The fraction of sp³-hybridized carbons (Fsp3) is 0.192. The van der Waals surface area contributed by atoms with Crippen LogP contribution in [0.2, 0.25) is 0 Å². The van der Waals surface area contributed by atoms with Gasteiger partial charge in [0.2, 0.25) is 10.0 Å². The molecule has 2 heterocycles. The highest BCUT2D eigenvalue weighted by Gasteiger charge is 2.37. The van der Waals surface area contributed by atoms with Gasteiger partial charge >= 0.3 is 0 Å². The fourth-order valence-corrected chi connectivity index (χ4v) is 5.92. The minimum Gasteiger partial charge on any atom is -0.457 e. The molecule has 192 valence electrons. The number of rotatable bonds is 6. The van der Waals surface area contributed by atoms with Crippen LogP contribution in [0.15, 0.2) is 77.8 Å². The highest BCUT2D eigenvalue weighted by Crippen LogP contribution is 2.32. The monoisotopic (exact) mass is 531 g/mol. The molecule has 1 aliphatic rings. The summed E-state index contributed by atoms with van der Waals surface area (Å²) < 4.78 is 90.0.